The molecule has 1 fully saturated rings. The van der Waals surface area contributed by atoms with Gasteiger partial charge in [0.1, 0.15) is 18.1 Å². The molecular weight excluding hydrogens is 430 g/mol. The molecule has 4 rings (SSSR count). The third kappa shape index (κ3) is 5.48. The van der Waals surface area contributed by atoms with Crippen LogP contribution >= 0.6 is 11.8 Å². The molecule has 1 saturated carbocycles. The molecular formula is C27H29N3O2S. The highest BCUT2D eigenvalue weighted by atomic mass is 32.2. The molecule has 0 bridgehead atoms. The first-order chi connectivity index (χ1) is 16.1. The van der Waals surface area contributed by atoms with E-state index in [4.69, 9.17) is 9.72 Å². The van der Waals surface area contributed by atoms with Crippen LogP contribution < -0.4 is 4.74 Å². The summed E-state index contributed by atoms with van der Waals surface area (Å²) in [7, 11) is 0. The molecule has 0 saturated heterocycles. The van der Waals surface area contributed by atoms with Gasteiger partial charge in [0.2, 0.25) is 0 Å². The van der Waals surface area contributed by atoms with Gasteiger partial charge in [0, 0.05) is 30.4 Å². The highest BCUT2D eigenvalue weighted by Crippen LogP contribution is 2.36. The van der Waals surface area contributed by atoms with Crippen LogP contribution in [-0.2, 0) is 6.61 Å². The largest absolute Gasteiger partial charge is 0.487 e. The molecule has 0 N–H and O–H groups in total. The molecule has 0 spiro atoms. The predicted octanol–water partition coefficient (Wildman–Crippen LogP) is 6.15. The molecule has 1 aliphatic rings. The summed E-state index contributed by atoms with van der Waals surface area (Å²) in [4.78, 5) is 21.6. The number of imidazole rings is 1. The van der Waals surface area contributed by atoms with Gasteiger partial charge in [0.15, 0.2) is 10.9 Å². The Morgan fingerprint density at radius 2 is 2.09 bits per heavy atom. The van der Waals surface area contributed by atoms with E-state index in [9.17, 15) is 4.79 Å². The van der Waals surface area contributed by atoms with Crippen LogP contribution in [0.1, 0.15) is 73.3 Å². The van der Waals surface area contributed by atoms with Crippen molar-refractivity contribution >= 4 is 17.5 Å². The zero-order chi connectivity index (χ0) is 23.2. The van der Waals surface area contributed by atoms with E-state index in [0.29, 0.717) is 10.9 Å². The fourth-order valence-electron chi connectivity index (χ4n) is 4.03. The fraction of sp³-hybridized carbons (Fsp3) is 0.370. The number of aromatic nitrogens is 3. The molecule has 3 aromatic rings. The van der Waals surface area contributed by atoms with E-state index in [0.717, 1.165) is 39.8 Å². The van der Waals surface area contributed by atoms with Crippen molar-refractivity contribution in [3.05, 3.63) is 65.2 Å². The number of pyridine rings is 1. The Bertz CT molecular complexity index is 1190. The van der Waals surface area contributed by atoms with E-state index in [1.807, 2.05) is 48.7 Å². The van der Waals surface area contributed by atoms with Crippen molar-refractivity contribution in [2.45, 2.75) is 69.9 Å². The van der Waals surface area contributed by atoms with E-state index >= 15 is 0 Å². The van der Waals surface area contributed by atoms with Crippen molar-refractivity contribution in [1.29, 1.82) is 0 Å². The average molecular weight is 460 g/mol. The Morgan fingerprint density at radius 1 is 1.27 bits per heavy atom. The lowest BCUT2D eigenvalue weighted by molar-refractivity contribution is 0.101. The van der Waals surface area contributed by atoms with Gasteiger partial charge in [-0.25, -0.2) is 4.98 Å². The number of benzene rings is 1. The first kappa shape index (κ1) is 23.1. The molecule has 5 nitrogen and oxygen atoms in total. The van der Waals surface area contributed by atoms with E-state index in [-0.39, 0.29) is 12.4 Å². The maximum atomic E-state index is 12.5. The van der Waals surface area contributed by atoms with Crippen LogP contribution in [0.2, 0.25) is 0 Å². The van der Waals surface area contributed by atoms with Gasteiger partial charge in [-0.15, -0.1) is 0 Å². The third-order valence-electron chi connectivity index (χ3n) is 5.73. The van der Waals surface area contributed by atoms with Gasteiger partial charge in [-0.05, 0) is 55.7 Å². The van der Waals surface area contributed by atoms with Crippen molar-refractivity contribution in [3.8, 4) is 23.3 Å². The van der Waals surface area contributed by atoms with Crippen LogP contribution in [0.3, 0.4) is 0 Å². The molecule has 1 aliphatic carbocycles. The van der Waals surface area contributed by atoms with Gasteiger partial charge in [-0.3, -0.25) is 14.3 Å². The Hall–Kier alpha value is -3.04. The highest BCUT2D eigenvalue weighted by molar-refractivity contribution is 7.99. The first-order valence-electron chi connectivity index (χ1n) is 11.5. The second-order valence-electron chi connectivity index (χ2n) is 8.24. The minimum absolute atomic E-state index is 0.0640. The predicted molar refractivity (Wildman–Crippen MR) is 132 cm³/mol. The van der Waals surface area contributed by atoms with E-state index in [2.05, 4.69) is 16.8 Å². The molecule has 0 amide bonds. The minimum atomic E-state index is -0.0640. The standard InChI is InChI=1S/C27H29N3O2S/c1-4-5-9-21-13-14-23(16-19(21)2)32-18-25-26(20(3)31)29-27(33-24-11-6-7-12-24)30(25)22-10-8-15-28-17-22/h8,10,13-17,24H,4,6-7,11-12,18H2,1-3H3. The number of aryl methyl sites for hydroxylation is 1. The highest BCUT2D eigenvalue weighted by Gasteiger charge is 2.26. The summed E-state index contributed by atoms with van der Waals surface area (Å²) in [6.45, 7) is 5.87. The molecule has 2 aromatic heterocycles. The lowest BCUT2D eigenvalue weighted by atomic mass is 10.1. The van der Waals surface area contributed by atoms with Gasteiger partial charge in [0.05, 0.1) is 17.6 Å². The number of hydrogen-bond donors (Lipinski definition) is 0. The lowest BCUT2D eigenvalue weighted by Crippen LogP contribution is -2.10. The summed E-state index contributed by atoms with van der Waals surface area (Å²) in [5.74, 6) is 6.97. The first-order valence-corrected chi connectivity index (χ1v) is 12.4. The molecule has 6 heteroatoms. The normalized spacial score (nSPS) is 13.5. The average Bonchev–Trinajstić information content (AvgIpc) is 3.46. The number of ether oxygens (including phenoxy) is 1. The van der Waals surface area contributed by atoms with E-state index < -0.39 is 0 Å². The van der Waals surface area contributed by atoms with Gasteiger partial charge in [-0.2, -0.15) is 0 Å². The summed E-state index contributed by atoms with van der Waals surface area (Å²) >= 11 is 1.76. The van der Waals surface area contributed by atoms with Crippen molar-refractivity contribution in [1.82, 2.24) is 14.5 Å². The smallest absolute Gasteiger partial charge is 0.180 e. The van der Waals surface area contributed by atoms with Crippen LogP contribution in [0, 0.1) is 18.8 Å². The molecule has 170 valence electrons. The molecule has 0 unspecified atom stereocenters. The zero-order valence-electron chi connectivity index (χ0n) is 19.4. The number of carbonyl (C=O) groups is 1. The van der Waals surface area contributed by atoms with Gasteiger partial charge < -0.3 is 4.74 Å². The van der Waals surface area contributed by atoms with Crippen LogP contribution in [0.15, 0.2) is 47.9 Å². The fourth-order valence-corrected chi connectivity index (χ4v) is 5.37. The maximum Gasteiger partial charge on any atom is 0.180 e. The summed E-state index contributed by atoms with van der Waals surface area (Å²) in [6, 6.07) is 9.80. The van der Waals surface area contributed by atoms with Crippen LogP contribution in [-0.4, -0.2) is 25.6 Å². The number of ketones is 1. The van der Waals surface area contributed by atoms with Gasteiger partial charge in [0.25, 0.3) is 0 Å². The van der Waals surface area contributed by atoms with Crippen molar-refractivity contribution in [2.75, 3.05) is 0 Å². The number of carbonyl (C=O) groups excluding carboxylic acids is 1. The molecule has 33 heavy (non-hydrogen) atoms. The number of thioether (sulfide) groups is 1. The topological polar surface area (TPSA) is 57.0 Å². The summed E-state index contributed by atoms with van der Waals surface area (Å²) in [5, 5.41) is 1.36. The number of hydrogen-bond acceptors (Lipinski definition) is 5. The summed E-state index contributed by atoms with van der Waals surface area (Å²) < 4.78 is 8.22. The Morgan fingerprint density at radius 3 is 2.76 bits per heavy atom. The van der Waals surface area contributed by atoms with Crippen LogP contribution in [0.5, 0.6) is 5.75 Å². The molecule has 0 aliphatic heterocycles. The number of nitrogens with zero attached hydrogens (tertiary/aromatic N) is 3. The summed E-state index contributed by atoms with van der Waals surface area (Å²) in [6.07, 6.45) is 9.23. The Labute approximate surface area is 200 Å². The van der Waals surface area contributed by atoms with Crippen molar-refractivity contribution in [3.63, 3.8) is 0 Å². The quantitative estimate of drug-likeness (QED) is 0.313. The molecule has 0 radical (unpaired) electrons. The Balaban J connectivity index is 1.68. The third-order valence-corrected chi connectivity index (χ3v) is 7.02. The zero-order valence-corrected chi connectivity index (χ0v) is 20.2. The van der Waals surface area contributed by atoms with Gasteiger partial charge >= 0.3 is 0 Å². The summed E-state index contributed by atoms with van der Waals surface area (Å²) in [5.41, 5.74) is 4.17. The second-order valence-corrected chi connectivity index (χ2v) is 9.51. The SMILES string of the molecule is CCC#Cc1ccc(OCc2c(C(C)=O)nc(SC3CCCC3)n2-c2cccnc2)cc1C. The van der Waals surface area contributed by atoms with E-state index in [1.54, 1.807) is 31.1 Å². The maximum absolute atomic E-state index is 12.5. The number of Topliss-reactive ketones (excluding diaryl/α,β-unsaturated/α-hetero) is 1. The number of rotatable bonds is 7. The molecule has 1 aromatic carbocycles. The van der Waals surface area contributed by atoms with Crippen molar-refractivity contribution < 1.29 is 9.53 Å². The van der Waals surface area contributed by atoms with Gasteiger partial charge in [-0.1, -0.05) is 43.4 Å². The van der Waals surface area contributed by atoms with Crippen LogP contribution in [0.25, 0.3) is 5.69 Å². The Kier molecular flexibility index (Phi) is 7.51. The van der Waals surface area contributed by atoms with Crippen molar-refractivity contribution in [2.24, 2.45) is 0 Å². The molecule has 0 atom stereocenters. The lowest BCUT2D eigenvalue weighted by Gasteiger charge is -2.15. The minimum Gasteiger partial charge on any atom is -0.487 e. The van der Waals surface area contributed by atoms with E-state index in [1.165, 1.54) is 25.7 Å². The second kappa shape index (κ2) is 10.7. The van der Waals surface area contributed by atoms with Crippen LogP contribution in [0.4, 0.5) is 0 Å². The monoisotopic (exact) mass is 459 g/mol. The molecule has 2 heterocycles.